The van der Waals surface area contributed by atoms with E-state index in [-0.39, 0.29) is 5.91 Å². The molecule has 1 aliphatic carbocycles. The van der Waals surface area contributed by atoms with E-state index in [0.29, 0.717) is 12.1 Å². The van der Waals surface area contributed by atoms with Gasteiger partial charge in [-0.25, -0.2) is 4.79 Å². The van der Waals surface area contributed by atoms with E-state index < -0.39 is 12.1 Å². The molecule has 1 heterocycles. The van der Waals surface area contributed by atoms with Gasteiger partial charge in [-0.2, -0.15) is 0 Å². The van der Waals surface area contributed by atoms with Crippen LogP contribution >= 0.6 is 0 Å². The molecule has 0 bridgehead atoms. The quantitative estimate of drug-likeness (QED) is 0.648. The number of ether oxygens (including phenoxy) is 1. The van der Waals surface area contributed by atoms with Crippen molar-refractivity contribution in [3.05, 3.63) is 41.7 Å². The van der Waals surface area contributed by atoms with Crippen LogP contribution in [-0.4, -0.2) is 29.5 Å². The van der Waals surface area contributed by atoms with Crippen LogP contribution in [0.25, 0.3) is 0 Å². The van der Waals surface area contributed by atoms with E-state index in [2.05, 4.69) is 16.4 Å². The van der Waals surface area contributed by atoms with Gasteiger partial charge in [0.15, 0.2) is 6.10 Å². The van der Waals surface area contributed by atoms with Crippen LogP contribution in [-0.2, 0) is 9.53 Å². The fraction of sp³-hybridized carbons (Fsp3) is 0.471. The summed E-state index contributed by atoms with van der Waals surface area (Å²) in [5, 5.41) is 2.81. The van der Waals surface area contributed by atoms with Crippen molar-refractivity contribution < 1.29 is 14.3 Å². The molecule has 0 aliphatic heterocycles. The van der Waals surface area contributed by atoms with Gasteiger partial charge in [-0.3, -0.25) is 9.78 Å². The third kappa shape index (κ3) is 4.98. The Labute approximate surface area is 130 Å². The first-order valence-electron chi connectivity index (χ1n) is 7.73. The Bertz CT molecular complexity index is 540. The molecule has 1 amide bonds. The number of allylic oxidation sites excluding steroid dienone is 1. The van der Waals surface area contributed by atoms with Gasteiger partial charge in [-0.1, -0.05) is 11.6 Å². The molecule has 0 aromatic carbocycles. The molecule has 0 radical (unpaired) electrons. The van der Waals surface area contributed by atoms with Gasteiger partial charge in [0.1, 0.15) is 0 Å². The average Bonchev–Trinajstić information content (AvgIpc) is 2.56. The predicted octanol–water partition coefficient (Wildman–Crippen LogP) is 2.63. The topological polar surface area (TPSA) is 68.3 Å². The zero-order valence-electron chi connectivity index (χ0n) is 12.9. The van der Waals surface area contributed by atoms with Gasteiger partial charge >= 0.3 is 5.97 Å². The van der Waals surface area contributed by atoms with Crippen molar-refractivity contribution in [1.29, 1.82) is 0 Å². The lowest BCUT2D eigenvalue weighted by Crippen LogP contribution is -2.36. The van der Waals surface area contributed by atoms with Crippen molar-refractivity contribution in [3.63, 3.8) is 0 Å². The van der Waals surface area contributed by atoms with Gasteiger partial charge in [0.25, 0.3) is 5.91 Å². The summed E-state index contributed by atoms with van der Waals surface area (Å²) in [5.74, 6) is -0.806. The van der Waals surface area contributed by atoms with E-state index >= 15 is 0 Å². The van der Waals surface area contributed by atoms with E-state index in [1.54, 1.807) is 25.3 Å². The molecule has 0 saturated carbocycles. The lowest BCUT2D eigenvalue weighted by Gasteiger charge is -2.15. The van der Waals surface area contributed by atoms with Crippen LogP contribution in [0.15, 0.2) is 36.2 Å². The van der Waals surface area contributed by atoms with Gasteiger partial charge in [-0.15, -0.1) is 0 Å². The summed E-state index contributed by atoms with van der Waals surface area (Å²) in [4.78, 5) is 27.6. The molecule has 0 saturated heterocycles. The van der Waals surface area contributed by atoms with Gasteiger partial charge in [0.2, 0.25) is 0 Å². The molecular weight excluding hydrogens is 280 g/mol. The fourth-order valence-corrected chi connectivity index (χ4v) is 2.39. The van der Waals surface area contributed by atoms with Gasteiger partial charge in [0.05, 0.1) is 5.56 Å². The Kier molecular flexibility index (Phi) is 6.13. The van der Waals surface area contributed by atoms with Crippen LogP contribution in [0, 0.1) is 0 Å². The molecule has 1 aliphatic rings. The van der Waals surface area contributed by atoms with Crippen molar-refractivity contribution in [2.45, 2.75) is 45.1 Å². The van der Waals surface area contributed by atoms with E-state index in [1.165, 1.54) is 24.6 Å². The van der Waals surface area contributed by atoms with Crippen molar-refractivity contribution in [1.82, 2.24) is 10.3 Å². The maximum Gasteiger partial charge on any atom is 0.340 e. The molecule has 1 atom stereocenters. The third-order valence-electron chi connectivity index (χ3n) is 3.68. The Hall–Kier alpha value is -2.17. The second kappa shape index (κ2) is 8.32. The smallest absolute Gasteiger partial charge is 0.340 e. The summed E-state index contributed by atoms with van der Waals surface area (Å²) in [5.41, 5.74) is 1.75. The Balaban J connectivity index is 1.72. The first kappa shape index (κ1) is 16.2. The molecule has 0 unspecified atom stereocenters. The highest BCUT2D eigenvalue weighted by molar-refractivity contribution is 5.91. The van der Waals surface area contributed by atoms with Crippen molar-refractivity contribution in [3.8, 4) is 0 Å². The maximum absolute atomic E-state index is 11.9. The zero-order chi connectivity index (χ0) is 15.8. The Morgan fingerprint density at radius 3 is 2.95 bits per heavy atom. The fourth-order valence-electron chi connectivity index (χ4n) is 2.39. The largest absolute Gasteiger partial charge is 0.449 e. The minimum absolute atomic E-state index is 0.270. The predicted molar refractivity (Wildman–Crippen MR) is 83.3 cm³/mol. The molecule has 1 aromatic rings. The summed E-state index contributed by atoms with van der Waals surface area (Å²) in [7, 11) is 0. The third-order valence-corrected chi connectivity index (χ3v) is 3.68. The van der Waals surface area contributed by atoms with Gasteiger partial charge in [0, 0.05) is 18.9 Å². The minimum Gasteiger partial charge on any atom is -0.449 e. The van der Waals surface area contributed by atoms with Crippen molar-refractivity contribution in [2.75, 3.05) is 6.54 Å². The van der Waals surface area contributed by atoms with Gasteiger partial charge in [-0.05, 0) is 51.2 Å². The normalized spacial score (nSPS) is 15.6. The first-order valence-corrected chi connectivity index (χ1v) is 7.73. The van der Waals surface area contributed by atoms with E-state index in [1.807, 2.05) is 0 Å². The number of hydrogen-bond acceptors (Lipinski definition) is 4. The monoisotopic (exact) mass is 302 g/mol. The van der Waals surface area contributed by atoms with Crippen molar-refractivity contribution >= 4 is 11.9 Å². The second-order valence-corrected chi connectivity index (χ2v) is 5.44. The number of amides is 1. The van der Waals surface area contributed by atoms with E-state index in [9.17, 15) is 9.59 Å². The molecule has 1 aromatic heterocycles. The minimum atomic E-state index is -0.812. The highest BCUT2D eigenvalue weighted by Gasteiger charge is 2.18. The molecule has 0 fully saturated rings. The molecule has 0 spiro atoms. The number of nitrogens with zero attached hydrogens (tertiary/aromatic N) is 1. The standard InChI is InChI=1S/C17H22N2O3/c1-13(22-17(21)15-8-5-10-18-12-15)16(20)19-11-9-14-6-3-2-4-7-14/h5-6,8,10,12-13H,2-4,7,9,11H2,1H3,(H,19,20)/t13-/m0/s1. The number of pyridine rings is 1. The Morgan fingerprint density at radius 1 is 1.41 bits per heavy atom. The van der Waals surface area contributed by atoms with Crippen LogP contribution in [0.2, 0.25) is 0 Å². The van der Waals surface area contributed by atoms with Crippen LogP contribution in [0.4, 0.5) is 0 Å². The van der Waals surface area contributed by atoms with Crippen LogP contribution in [0.3, 0.4) is 0 Å². The van der Waals surface area contributed by atoms with Crippen molar-refractivity contribution in [2.24, 2.45) is 0 Å². The number of carbonyl (C=O) groups excluding carboxylic acids is 2. The molecular formula is C17H22N2O3. The summed E-state index contributed by atoms with van der Waals surface area (Å²) < 4.78 is 5.14. The second-order valence-electron chi connectivity index (χ2n) is 5.44. The number of hydrogen-bond donors (Lipinski definition) is 1. The van der Waals surface area contributed by atoms with Gasteiger partial charge < -0.3 is 10.1 Å². The van der Waals surface area contributed by atoms with E-state index in [0.717, 1.165) is 19.3 Å². The summed E-state index contributed by atoms with van der Waals surface area (Å²) in [6.07, 6.45) is 10.1. The molecule has 22 heavy (non-hydrogen) atoms. The molecule has 5 nitrogen and oxygen atoms in total. The molecule has 1 N–H and O–H groups in total. The van der Waals surface area contributed by atoms with Crippen LogP contribution in [0.5, 0.6) is 0 Å². The summed E-state index contributed by atoms with van der Waals surface area (Å²) >= 11 is 0. The Morgan fingerprint density at radius 2 is 2.27 bits per heavy atom. The first-order chi connectivity index (χ1) is 10.7. The number of nitrogens with one attached hydrogen (secondary N) is 1. The molecule has 2 rings (SSSR count). The number of esters is 1. The average molecular weight is 302 g/mol. The lowest BCUT2D eigenvalue weighted by molar-refractivity contribution is -0.129. The highest BCUT2D eigenvalue weighted by atomic mass is 16.5. The molecule has 5 heteroatoms. The summed E-state index contributed by atoms with van der Waals surface area (Å²) in [6, 6.07) is 3.26. The summed E-state index contributed by atoms with van der Waals surface area (Å²) in [6.45, 7) is 2.16. The highest BCUT2D eigenvalue weighted by Crippen LogP contribution is 2.19. The van der Waals surface area contributed by atoms with E-state index in [4.69, 9.17) is 4.74 Å². The van der Waals surface area contributed by atoms with Crippen LogP contribution < -0.4 is 5.32 Å². The number of carbonyl (C=O) groups is 2. The zero-order valence-corrected chi connectivity index (χ0v) is 12.9. The maximum atomic E-state index is 11.9. The number of aromatic nitrogens is 1. The number of rotatable bonds is 6. The SMILES string of the molecule is C[C@H](OC(=O)c1cccnc1)C(=O)NCCC1=CCCCC1. The van der Waals surface area contributed by atoms with Crippen LogP contribution in [0.1, 0.15) is 49.4 Å². The molecule has 118 valence electrons. The lowest BCUT2D eigenvalue weighted by atomic mass is 9.97.